The lowest BCUT2D eigenvalue weighted by molar-refractivity contribution is 0.258. The van der Waals surface area contributed by atoms with Crippen LogP contribution in [0.15, 0.2) is 18.2 Å². The van der Waals surface area contributed by atoms with E-state index >= 15 is 0 Å². The predicted octanol–water partition coefficient (Wildman–Crippen LogP) is 2.92. The van der Waals surface area contributed by atoms with Gasteiger partial charge in [0.1, 0.15) is 5.82 Å². The van der Waals surface area contributed by atoms with E-state index in [1.807, 2.05) is 13.0 Å². The molecule has 3 heteroatoms. The molecule has 2 rings (SSSR count). The predicted molar refractivity (Wildman–Crippen MR) is 74.7 cm³/mol. The molecule has 1 fully saturated rings. The van der Waals surface area contributed by atoms with Gasteiger partial charge in [-0.2, -0.15) is 0 Å². The third kappa shape index (κ3) is 2.83. The van der Waals surface area contributed by atoms with E-state index in [-0.39, 0.29) is 5.82 Å². The quantitative estimate of drug-likeness (QED) is 0.814. The molecule has 1 aromatic rings. The molecule has 1 aromatic carbocycles. The molecule has 0 N–H and O–H groups in total. The van der Waals surface area contributed by atoms with Gasteiger partial charge in [0.05, 0.1) is 0 Å². The molecule has 0 aliphatic carbocycles. The largest absolute Gasteiger partial charge is 0.370 e. The molecule has 1 unspecified atom stereocenters. The Morgan fingerprint density at radius 3 is 2.78 bits per heavy atom. The van der Waals surface area contributed by atoms with Crippen LogP contribution < -0.4 is 4.90 Å². The first-order valence-corrected chi connectivity index (χ1v) is 6.81. The number of hydrogen-bond acceptors (Lipinski definition) is 2. The molecule has 0 aromatic heterocycles. The van der Waals surface area contributed by atoms with Gasteiger partial charge in [-0.3, -0.25) is 0 Å². The zero-order valence-electron chi connectivity index (χ0n) is 11.6. The summed E-state index contributed by atoms with van der Waals surface area (Å²) in [5.41, 5.74) is 1.83. The lowest BCUT2D eigenvalue weighted by Crippen LogP contribution is -2.45. The van der Waals surface area contributed by atoms with Crippen LogP contribution in [0.3, 0.4) is 0 Å². The molecule has 1 heterocycles. The van der Waals surface area contributed by atoms with Gasteiger partial charge in [0.15, 0.2) is 0 Å². The van der Waals surface area contributed by atoms with Crippen molar-refractivity contribution in [1.29, 1.82) is 0 Å². The van der Waals surface area contributed by atoms with Crippen molar-refractivity contribution < 1.29 is 4.39 Å². The molecule has 100 valence electrons. The van der Waals surface area contributed by atoms with E-state index in [9.17, 15) is 4.39 Å². The summed E-state index contributed by atoms with van der Waals surface area (Å²) < 4.78 is 13.8. The summed E-state index contributed by atoms with van der Waals surface area (Å²) in [5, 5.41) is 0. The van der Waals surface area contributed by atoms with Gasteiger partial charge in [-0.15, -0.1) is 0 Å². The van der Waals surface area contributed by atoms with Gasteiger partial charge in [-0.1, -0.05) is 13.0 Å². The van der Waals surface area contributed by atoms with Crippen LogP contribution in [0, 0.1) is 5.82 Å². The smallest absolute Gasteiger partial charge is 0.128 e. The first-order valence-electron chi connectivity index (χ1n) is 6.81. The molecule has 0 bridgehead atoms. The average molecular weight is 250 g/mol. The van der Waals surface area contributed by atoms with Crippen molar-refractivity contribution in [3.05, 3.63) is 29.6 Å². The van der Waals surface area contributed by atoms with Gasteiger partial charge in [0, 0.05) is 24.8 Å². The maximum atomic E-state index is 13.8. The second kappa shape index (κ2) is 5.70. The van der Waals surface area contributed by atoms with Crippen LogP contribution in [-0.2, 0) is 6.42 Å². The van der Waals surface area contributed by atoms with Crippen molar-refractivity contribution in [1.82, 2.24) is 4.90 Å². The molecule has 0 saturated carbocycles. The zero-order valence-corrected chi connectivity index (χ0v) is 11.6. The molecule has 1 aliphatic heterocycles. The SMILES string of the molecule is CCc1ccc(N2CCCC(N(C)C)C2)cc1F. The summed E-state index contributed by atoms with van der Waals surface area (Å²) in [6, 6.07) is 6.24. The van der Waals surface area contributed by atoms with Crippen molar-refractivity contribution in [3.8, 4) is 0 Å². The number of hydrogen-bond donors (Lipinski definition) is 0. The van der Waals surface area contributed by atoms with Crippen LogP contribution in [0.25, 0.3) is 0 Å². The minimum Gasteiger partial charge on any atom is -0.370 e. The first kappa shape index (κ1) is 13.3. The monoisotopic (exact) mass is 250 g/mol. The third-order valence-corrected chi connectivity index (χ3v) is 3.91. The minimum atomic E-state index is -0.0676. The number of anilines is 1. The highest BCUT2D eigenvalue weighted by Gasteiger charge is 2.21. The molecular weight excluding hydrogens is 227 g/mol. The fourth-order valence-electron chi connectivity index (χ4n) is 2.63. The second-order valence-electron chi connectivity index (χ2n) is 5.33. The van der Waals surface area contributed by atoms with E-state index < -0.39 is 0 Å². The van der Waals surface area contributed by atoms with Crippen molar-refractivity contribution in [3.63, 3.8) is 0 Å². The number of nitrogens with zero attached hydrogens (tertiary/aromatic N) is 2. The maximum absolute atomic E-state index is 13.8. The second-order valence-corrected chi connectivity index (χ2v) is 5.33. The van der Waals surface area contributed by atoms with Crippen LogP contribution in [0.5, 0.6) is 0 Å². The summed E-state index contributed by atoms with van der Waals surface area (Å²) >= 11 is 0. The normalized spacial score (nSPS) is 20.5. The van der Waals surface area contributed by atoms with Crippen LogP contribution in [0.1, 0.15) is 25.3 Å². The Labute approximate surface area is 109 Å². The Hall–Kier alpha value is -1.09. The number of halogens is 1. The van der Waals surface area contributed by atoms with E-state index in [0.717, 1.165) is 30.8 Å². The van der Waals surface area contributed by atoms with Gasteiger partial charge < -0.3 is 9.80 Å². The van der Waals surface area contributed by atoms with Gasteiger partial charge >= 0.3 is 0 Å². The summed E-state index contributed by atoms with van der Waals surface area (Å²) in [7, 11) is 4.24. The van der Waals surface area contributed by atoms with Gasteiger partial charge in [-0.25, -0.2) is 4.39 Å². The van der Waals surface area contributed by atoms with Crippen LogP contribution in [-0.4, -0.2) is 38.1 Å². The fraction of sp³-hybridized carbons (Fsp3) is 0.600. The molecule has 0 amide bonds. The highest BCUT2D eigenvalue weighted by molar-refractivity contribution is 5.48. The standard InChI is InChI=1S/C15H23FN2/c1-4-12-7-8-13(10-15(12)16)18-9-5-6-14(11-18)17(2)3/h7-8,10,14H,4-6,9,11H2,1-3H3. The molecule has 18 heavy (non-hydrogen) atoms. The molecule has 1 aliphatic rings. The fourth-order valence-corrected chi connectivity index (χ4v) is 2.63. The maximum Gasteiger partial charge on any atom is 0.128 e. The van der Waals surface area contributed by atoms with Crippen molar-refractivity contribution in [2.75, 3.05) is 32.1 Å². The Balaban J connectivity index is 2.13. The summed E-state index contributed by atoms with van der Waals surface area (Å²) in [6.45, 7) is 4.02. The van der Waals surface area contributed by atoms with E-state index in [1.54, 1.807) is 6.07 Å². The summed E-state index contributed by atoms with van der Waals surface area (Å²) in [6.07, 6.45) is 3.17. The average Bonchev–Trinajstić information content (AvgIpc) is 2.38. The topological polar surface area (TPSA) is 6.48 Å². The number of likely N-dealkylation sites (N-methyl/N-ethyl adjacent to an activating group) is 1. The minimum absolute atomic E-state index is 0.0676. The lowest BCUT2D eigenvalue weighted by Gasteiger charge is -2.37. The highest BCUT2D eigenvalue weighted by Crippen LogP contribution is 2.24. The molecule has 0 radical (unpaired) electrons. The van der Waals surface area contributed by atoms with Gasteiger partial charge in [0.25, 0.3) is 0 Å². The Morgan fingerprint density at radius 1 is 1.39 bits per heavy atom. The van der Waals surface area contributed by atoms with Gasteiger partial charge in [0.2, 0.25) is 0 Å². The van der Waals surface area contributed by atoms with Crippen molar-refractivity contribution in [2.45, 2.75) is 32.2 Å². The summed E-state index contributed by atoms with van der Waals surface area (Å²) in [5.74, 6) is -0.0676. The molecule has 0 spiro atoms. The number of rotatable bonds is 3. The van der Waals surface area contributed by atoms with Crippen molar-refractivity contribution >= 4 is 5.69 Å². The van der Waals surface area contributed by atoms with Crippen LogP contribution in [0.2, 0.25) is 0 Å². The molecular formula is C15H23FN2. The van der Waals surface area contributed by atoms with E-state index in [0.29, 0.717) is 6.04 Å². The Bertz CT molecular complexity index is 403. The molecule has 1 saturated heterocycles. The number of benzene rings is 1. The molecule has 2 nitrogen and oxygen atoms in total. The van der Waals surface area contributed by atoms with E-state index in [4.69, 9.17) is 0 Å². The first-order chi connectivity index (χ1) is 8.61. The Morgan fingerprint density at radius 2 is 2.17 bits per heavy atom. The van der Waals surface area contributed by atoms with Gasteiger partial charge in [-0.05, 0) is 51.1 Å². The van der Waals surface area contributed by atoms with E-state index in [1.165, 1.54) is 12.8 Å². The molecule has 1 atom stereocenters. The van der Waals surface area contributed by atoms with Crippen molar-refractivity contribution in [2.24, 2.45) is 0 Å². The third-order valence-electron chi connectivity index (χ3n) is 3.91. The Kier molecular flexibility index (Phi) is 4.23. The number of aryl methyl sites for hydroxylation is 1. The van der Waals surface area contributed by atoms with Crippen LogP contribution in [0.4, 0.5) is 10.1 Å². The lowest BCUT2D eigenvalue weighted by atomic mass is 10.0. The van der Waals surface area contributed by atoms with Crippen LogP contribution >= 0.6 is 0 Å². The zero-order chi connectivity index (χ0) is 13.1. The number of piperidine rings is 1. The summed E-state index contributed by atoms with van der Waals surface area (Å²) in [4.78, 5) is 4.57. The van der Waals surface area contributed by atoms with E-state index in [2.05, 4.69) is 30.0 Å². The highest BCUT2D eigenvalue weighted by atomic mass is 19.1.